The van der Waals surface area contributed by atoms with Crippen molar-refractivity contribution in [1.82, 2.24) is 0 Å². The molecule has 1 unspecified atom stereocenters. The molecule has 0 aromatic heterocycles. The SMILES string of the molecule is CC(C)(C)C1=CCC(O)(C(C)(C)C)C=C1. The predicted octanol–water partition coefficient (Wildman–Crippen LogP) is 3.70. The van der Waals surface area contributed by atoms with Gasteiger partial charge in [0, 0.05) is 0 Å². The molecule has 86 valence electrons. The van der Waals surface area contributed by atoms with Crippen LogP contribution in [0.4, 0.5) is 0 Å². The summed E-state index contributed by atoms with van der Waals surface area (Å²) in [6.45, 7) is 12.8. The van der Waals surface area contributed by atoms with Crippen molar-refractivity contribution in [1.29, 1.82) is 0 Å². The van der Waals surface area contributed by atoms with Gasteiger partial charge in [-0.1, -0.05) is 59.8 Å². The minimum Gasteiger partial charge on any atom is -0.385 e. The van der Waals surface area contributed by atoms with Gasteiger partial charge in [0.1, 0.15) is 0 Å². The summed E-state index contributed by atoms with van der Waals surface area (Å²) in [5.41, 5.74) is 0.692. The normalized spacial score (nSPS) is 27.8. The Morgan fingerprint density at radius 1 is 1.13 bits per heavy atom. The maximum Gasteiger partial charge on any atom is 0.0913 e. The van der Waals surface area contributed by atoms with E-state index in [2.05, 4.69) is 53.7 Å². The third-order valence-electron chi connectivity index (χ3n) is 3.34. The van der Waals surface area contributed by atoms with E-state index in [1.165, 1.54) is 5.57 Å². The summed E-state index contributed by atoms with van der Waals surface area (Å²) in [4.78, 5) is 0. The number of aliphatic hydroxyl groups is 1. The molecule has 0 amide bonds. The highest BCUT2D eigenvalue weighted by Crippen LogP contribution is 2.40. The van der Waals surface area contributed by atoms with Gasteiger partial charge in [-0.15, -0.1) is 0 Å². The third-order valence-corrected chi connectivity index (χ3v) is 3.34. The van der Waals surface area contributed by atoms with Crippen LogP contribution in [0.1, 0.15) is 48.0 Å². The first kappa shape index (κ1) is 12.5. The first-order valence-corrected chi connectivity index (χ1v) is 5.68. The molecule has 15 heavy (non-hydrogen) atoms. The van der Waals surface area contributed by atoms with E-state index in [1.54, 1.807) is 0 Å². The van der Waals surface area contributed by atoms with E-state index >= 15 is 0 Å². The van der Waals surface area contributed by atoms with E-state index in [0.717, 1.165) is 6.42 Å². The summed E-state index contributed by atoms with van der Waals surface area (Å²) in [5, 5.41) is 10.5. The Morgan fingerprint density at radius 3 is 1.93 bits per heavy atom. The summed E-state index contributed by atoms with van der Waals surface area (Å²) >= 11 is 0. The molecular weight excluding hydrogens is 184 g/mol. The van der Waals surface area contributed by atoms with Crippen molar-refractivity contribution in [3.63, 3.8) is 0 Å². The third kappa shape index (κ3) is 2.52. The molecule has 0 heterocycles. The van der Waals surface area contributed by atoms with Gasteiger partial charge in [-0.05, 0) is 22.8 Å². The van der Waals surface area contributed by atoms with Gasteiger partial charge in [-0.3, -0.25) is 0 Å². The maximum absolute atomic E-state index is 10.5. The molecule has 1 rings (SSSR count). The highest BCUT2D eigenvalue weighted by atomic mass is 16.3. The monoisotopic (exact) mass is 208 g/mol. The minimum absolute atomic E-state index is 0.108. The highest BCUT2D eigenvalue weighted by Gasteiger charge is 2.38. The van der Waals surface area contributed by atoms with Crippen LogP contribution in [0.15, 0.2) is 23.8 Å². The Hall–Kier alpha value is -0.560. The van der Waals surface area contributed by atoms with Crippen molar-refractivity contribution in [2.24, 2.45) is 10.8 Å². The Morgan fingerprint density at radius 2 is 1.67 bits per heavy atom. The fraction of sp³-hybridized carbons (Fsp3) is 0.714. The molecule has 0 saturated carbocycles. The summed E-state index contributed by atoms with van der Waals surface area (Å²) in [7, 11) is 0. The van der Waals surface area contributed by atoms with Gasteiger partial charge < -0.3 is 5.11 Å². The van der Waals surface area contributed by atoms with E-state index in [1.807, 2.05) is 6.08 Å². The van der Waals surface area contributed by atoms with Gasteiger partial charge in [0.15, 0.2) is 0 Å². The van der Waals surface area contributed by atoms with Gasteiger partial charge >= 0.3 is 0 Å². The molecule has 0 aromatic carbocycles. The van der Waals surface area contributed by atoms with Crippen LogP contribution in [0.3, 0.4) is 0 Å². The summed E-state index contributed by atoms with van der Waals surface area (Å²) in [6.07, 6.45) is 6.94. The predicted molar refractivity (Wildman–Crippen MR) is 65.7 cm³/mol. The fourth-order valence-electron chi connectivity index (χ4n) is 1.74. The molecule has 1 aliphatic rings. The molecule has 0 fully saturated rings. The molecule has 1 N–H and O–H groups in total. The highest BCUT2D eigenvalue weighted by molar-refractivity contribution is 5.33. The lowest BCUT2D eigenvalue weighted by atomic mass is 9.70. The van der Waals surface area contributed by atoms with Crippen molar-refractivity contribution < 1.29 is 5.11 Å². The van der Waals surface area contributed by atoms with Gasteiger partial charge in [-0.25, -0.2) is 0 Å². The van der Waals surface area contributed by atoms with Crippen molar-refractivity contribution in [2.75, 3.05) is 0 Å². The average molecular weight is 208 g/mol. The first-order chi connectivity index (χ1) is 6.56. The molecule has 1 nitrogen and oxygen atoms in total. The van der Waals surface area contributed by atoms with E-state index < -0.39 is 5.60 Å². The first-order valence-electron chi connectivity index (χ1n) is 5.68. The van der Waals surface area contributed by atoms with Crippen LogP contribution in [0.2, 0.25) is 0 Å². The van der Waals surface area contributed by atoms with E-state index in [0.29, 0.717) is 0 Å². The van der Waals surface area contributed by atoms with Crippen molar-refractivity contribution in [3.05, 3.63) is 23.8 Å². The van der Waals surface area contributed by atoms with Gasteiger partial charge in [0.05, 0.1) is 5.60 Å². The van der Waals surface area contributed by atoms with E-state index in [-0.39, 0.29) is 10.8 Å². The van der Waals surface area contributed by atoms with Gasteiger partial charge in [0.2, 0.25) is 0 Å². The fourth-order valence-corrected chi connectivity index (χ4v) is 1.74. The van der Waals surface area contributed by atoms with E-state index in [9.17, 15) is 5.11 Å². The zero-order chi connectivity index (χ0) is 11.9. The quantitative estimate of drug-likeness (QED) is 0.643. The van der Waals surface area contributed by atoms with Gasteiger partial charge in [0.25, 0.3) is 0 Å². The van der Waals surface area contributed by atoms with Gasteiger partial charge in [-0.2, -0.15) is 0 Å². The van der Waals surface area contributed by atoms with Crippen LogP contribution in [0.25, 0.3) is 0 Å². The van der Waals surface area contributed by atoms with Crippen LogP contribution < -0.4 is 0 Å². The smallest absolute Gasteiger partial charge is 0.0913 e. The Labute approximate surface area is 93.9 Å². The Kier molecular flexibility index (Phi) is 2.90. The van der Waals surface area contributed by atoms with E-state index in [4.69, 9.17) is 0 Å². The molecular formula is C14H24O. The average Bonchev–Trinajstić information content (AvgIpc) is 2.01. The second kappa shape index (κ2) is 3.48. The molecule has 0 spiro atoms. The van der Waals surface area contributed by atoms with Crippen molar-refractivity contribution in [2.45, 2.75) is 53.6 Å². The van der Waals surface area contributed by atoms with Crippen LogP contribution in [0, 0.1) is 10.8 Å². The molecule has 0 aromatic rings. The number of rotatable bonds is 0. The lowest BCUT2D eigenvalue weighted by Gasteiger charge is -2.40. The zero-order valence-electron chi connectivity index (χ0n) is 10.9. The number of hydrogen-bond acceptors (Lipinski definition) is 1. The summed E-state index contributed by atoms with van der Waals surface area (Å²) in [5.74, 6) is 0. The molecule has 0 radical (unpaired) electrons. The standard InChI is InChI=1S/C14H24O/c1-12(2,3)11-7-9-14(15,10-8-11)13(4,5)6/h7-9,15H,10H2,1-6H3. The molecule has 0 aliphatic heterocycles. The second-order valence-electron chi connectivity index (χ2n) is 6.62. The largest absolute Gasteiger partial charge is 0.385 e. The molecule has 1 heteroatoms. The van der Waals surface area contributed by atoms with Crippen LogP contribution in [0.5, 0.6) is 0 Å². The molecule has 1 atom stereocenters. The van der Waals surface area contributed by atoms with Crippen LogP contribution in [-0.2, 0) is 0 Å². The molecule has 1 aliphatic carbocycles. The second-order valence-corrected chi connectivity index (χ2v) is 6.62. The topological polar surface area (TPSA) is 20.2 Å². The van der Waals surface area contributed by atoms with Crippen LogP contribution in [-0.4, -0.2) is 10.7 Å². The minimum atomic E-state index is -0.693. The number of hydrogen-bond donors (Lipinski definition) is 1. The Bertz CT molecular complexity index is 296. The molecule has 0 bridgehead atoms. The van der Waals surface area contributed by atoms with Crippen molar-refractivity contribution >= 4 is 0 Å². The number of allylic oxidation sites excluding steroid dienone is 2. The Balaban J connectivity index is 2.90. The zero-order valence-corrected chi connectivity index (χ0v) is 10.9. The lowest BCUT2D eigenvalue weighted by molar-refractivity contribution is -0.0125. The van der Waals surface area contributed by atoms with Crippen LogP contribution >= 0.6 is 0 Å². The van der Waals surface area contributed by atoms with Crippen molar-refractivity contribution in [3.8, 4) is 0 Å². The maximum atomic E-state index is 10.5. The lowest BCUT2D eigenvalue weighted by Crippen LogP contribution is -2.41. The summed E-state index contributed by atoms with van der Waals surface area (Å²) in [6, 6.07) is 0. The summed E-state index contributed by atoms with van der Waals surface area (Å²) < 4.78 is 0. The molecule has 0 saturated heterocycles.